The highest BCUT2D eigenvalue weighted by atomic mass is 15.0. The van der Waals surface area contributed by atoms with Gasteiger partial charge in [0.25, 0.3) is 0 Å². The number of nitrogens with zero attached hydrogens (tertiary/aromatic N) is 3. The Morgan fingerprint density at radius 1 is 1.11 bits per heavy atom. The second-order valence-corrected chi connectivity index (χ2v) is 4.19. The highest BCUT2D eigenvalue weighted by Gasteiger charge is 2.10. The van der Waals surface area contributed by atoms with Crippen LogP contribution in [0.5, 0.6) is 0 Å². The van der Waals surface area contributed by atoms with E-state index in [1.54, 1.807) is 6.20 Å². The zero-order valence-electron chi connectivity index (χ0n) is 9.96. The summed E-state index contributed by atoms with van der Waals surface area (Å²) in [6, 6.07) is 8.12. The van der Waals surface area contributed by atoms with Crippen LogP contribution in [0.2, 0.25) is 0 Å². The number of rotatable bonds is 1. The predicted molar refractivity (Wildman–Crippen MR) is 72.8 cm³/mol. The molecule has 0 saturated heterocycles. The van der Waals surface area contributed by atoms with Gasteiger partial charge in [0.1, 0.15) is 5.82 Å². The van der Waals surface area contributed by atoms with Crippen LogP contribution < -0.4 is 11.5 Å². The zero-order valence-corrected chi connectivity index (χ0v) is 9.96. The van der Waals surface area contributed by atoms with Crippen LogP contribution in [-0.4, -0.2) is 14.5 Å². The SMILES string of the molecule is Cn1ccc2c(-c3cnc(N)nc3N)cccc21. The summed E-state index contributed by atoms with van der Waals surface area (Å²) >= 11 is 0. The Kier molecular flexibility index (Phi) is 2.19. The first-order valence-electron chi connectivity index (χ1n) is 5.59. The first-order chi connectivity index (χ1) is 8.66. The lowest BCUT2D eigenvalue weighted by Gasteiger charge is -2.07. The van der Waals surface area contributed by atoms with Gasteiger partial charge in [0, 0.05) is 35.9 Å². The Morgan fingerprint density at radius 2 is 1.94 bits per heavy atom. The summed E-state index contributed by atoms with van der Waals surface area (Å²) in [5, 5.41) is 1.13. The van der Waals surface area contributed by atoms with Crippen LogP contribution in [0.4, 0.5) is 11.8 Å². The van der Waals surface area contributed by atoms with E-state index in [4.69, 9.17) is 11.5 Å². The molecule has 0 unspecified atom stereocenters. The van der Waals surface area contributed by atoms with E-state index in [-0.39, 0.29) is 5.95 Å². The molecule has 5 heteroatoms. The van der Waals surface area contributed by atoms with Gasteiger partial charge in [-0.3, -0.25) is 0 Å². The minimum Gasteiger partial charge on any atom is -0.383 e. The predicted octanol–water partition coefficient (Wildman–Crippen LogP) is 1.80. The van der Waals surface area contributed by atoms with Crippen LogP contribution in [-0.2, 0) is 7.05 Å². The minimum absolute atomic E-state index is 0.191. The standard InChI is InChI=1S/C13H13N5/c1-18-6-5-9-8(3-2-4-11(9)18)10-7-16-13(15)17-12(10)14/h2-7H,1H3,(H4,14,15,16,17). The number of anilines is 2. The largest absolute Gasteiger partial charge is 0.383 e. The van der Waals surface area contributed by atoms with E-state index in [1.807, 2.05) is 25.4 Å². The lowest BCUT2D eigenvalue weighted by molar-refractivity contribution is 0.969. The van der Waals surface area contributed by atoms with Crippen molar-refractivity contribution in [2.24, 2.45) is 7.05 Å². The fourth-order valence-electron chi connectivity index (χ4n) is 2.15. The molecule has 0 fully saturated rings. The van der Waals surface area contributed by atoms with Crippen molar-refractivity contribution in [2.75, 3.05) is 11.5 Å². The molecule has 0 aliphatic rings. The third kappa shape index (κ3) is 1.48. The molecule has 0 amide bonds. The van der Waals surface area contributed by atoms with E-state index in [1.165, 1.54) is 0 Å². The molecule has 3 rings (SSSR count). The van der Waals surface area contributed by atoms with Gasteiger partial charge in [-0.2, -0.15) is 4.98 Å². The van der Waals surface area contributed by atoms with Crippen molar-refractivity contribution >= 4 is 22.7 Å². The fraction of sp³-hybridized carbons (Fsp3) is 0.0769. The van der Waals surface area contributed by atoms with E-state index in [0.29, 0.717) is 5.82 Å². The Balaban J connectivity index is 2.31. The first kappa shape index (κ1) is 10.6. The van der Waals surface area contributed by atoms with E-state index < -0.39 is 0 Å². The first-order valence-corrected chi connectivity index (χ1v) is 5.59. The second-order valence-electron chi connectivity index (χ2n) is 4.19. The van der Waals surface area contributed by atoms with Gasteiger partial charge in [-0.15, -0.1) is 0 Å². The summed E-state index contributed by atoms with van der Waals surface area (Å²) in [5.41, 5.74) is 14.4. The van der Waals surface area contributed by atoms with Gasteiger partial charge in [-0.25, -0.2) is 4.98 Å². The normalized spacial score (nSPS) is 10.9. The zero-order chi connectivity index (χ0) is 12.7. The summed E-state index contributed by atoms with van der Waals surface area (Å²) in [7, 11) is 2.01. The molecule has 0 bridgehead atoms. The fourth-order valence-corrected chi connectivity index (χ4v) is 2.15. The van der Waals surface area contributed by atoms with Crippen LogP contribution in [0.15, 0.2) is 36.7 Å². The Labute approximate surface area is 104 Å². The van der Waals surface area contributed by atoms with Gasteiger partial charge in [-0.1, -0.05) is 12.1 Å². The molecule has 5 nitrogen and oxygen atoms in total. The molecular formula is C13H13N5. The number of fused-ring (bicyclic) bond motifs is 1. The number of nitrogen functional groups attached to an aromatic ring is 2. The van der Waals surface area contributed by atoms with Crippen molar-refractivity contribution in [1.29, 1.82) is 0 Å². The van der Waals surface area contributed by atoms with Crippen LogP contribution >= 0.6 is 0 Å². The maximum atomic E-state index is 5.91. The summed E-state index contributed by atoms with van der Waals surface area (Å²) in [6.07, 6.45) is 3.68. The second kappa shape index (κ2) is 3.73. The molecule has 0 aliphatic heterocycles. The van der Waals surface area contributed by atoms with Crippen molar-refractivity contribution in [3.8, 4) is 11.1 Å². The molecule has 18 heavy (non-hydrogen) atoms. The van der Waals surface area contributed by atoms with Crippen molar-refractivity contribution in [3.63, 3.8) is 0 Å². The van der Waals surface area contributed by atoms with Crippen LogP contribution in [0.3, 0.4) is 0 Å². The molecule has 3 aromatic rings. The quantitative estimate of drug-likeness (QED) is 0.678. The maximum Gasteiger partial charge on any atom is 0.221 e. The van der Waals surface area contributed by atoms with E-state index in [9.17, 15) is 0 Å². The minimum atomic E-state index is 0.191. The maximum absolute atomic E-state index is 5.91. The van der Waals surface area contributed by atoms with Gasteiger partial charge >= 0.3 is 0 Å². The number of benzene rings is 1. The van der Waals surface area contributed by atoms with Crippen molar-refractivity contribution < 1.29 is 0 Å². The topological polar surface area (TPSA) is 82.8 Å². The molecule has 2 aromatic heterocycles. The summed E-state index contributed by atoms with van der Waals surface area (Å²) in [6.45, 7) is 0. The van der Waals surface area contributed by atoms with E-state index >= 15 is 0 Å². The molecule has 1 aromatic carbocycles. The number of aromatic nitrogens is 3. The van der Waals surface area contributed by atoms with Crippen molar-refractivity contribution in [2.45, 2.75) is 0 Å². The van der Waals surface area contributed by atoms with Crippen molar-refractivity contribution in [3.05, 3.63) is 36.7 Å². The van der Waals surface area contributed by atoms with Crippen molar-refractivity contribution in [1.82, 2.24) is 14.5 Å². The van der Waals surface area contributed by atoms with Crippen LogP contribution in [0.25, 0.3) is 22.0 Å². The third-order valence-corrected chi connectivity index (χ3v) is 3.05. The average molecular weight is 239 g/mol. The van der Waals surface area contributed by atoms with Gasteiger partial charge in [-0.05, 0) is 17.7 Å². The summed E-state index contributed by atoms with van der Waals surface area (Å²) < 4.78 is 2.06. The van der Waals surface area contributed by atoms with Gasteiger partial charge in [0.05, 0.1) is 0 Å². The third-order valence-electron chi connectivity index (χ3n) is 3.05. The molecule has 0 radical (unpaired) electrons. The van der Waals surface area contributed by atoms with E-state index in [2.05, 4.69) is 26.7 Å². The molecule has 4 N–H and O–H groups in total. The van der Waals surface area contributed by atoms with Gasteiger partial charge in [0.2, 0.25) is 5.95 Å². The molecular weight excluding hydrogens is 226 g/mol. The lowest BCUT2D eigenvalue weighted by atomic mass is 10.0. The van der Waals surface area contributed by atoms with Crippen LogP contribution in [0.1, 0.15) is 0 Å². The van der Waals surface area contributed by atoms with E-state index in [0.717, 1.165) is 22.0 Å². The molecule has 90 valence electrons. The number of nitrogens with two attached hydrogens (primary N) is 2. The van der Waals surface area contributed by atoms with Gasteiger partial charge in [0.15, 0.2) is 0 Å². The average Bonchev–Trinajstić information content (AvgIpc) is 2.72. The number of hydrogen-bond acceptors (Lipinski definition) is 4. The molecule has 0 spiro atoms. The molecule has 2 heterocycles. The summed E-state index contributed by atoms with van der Waals surface area (Å²) in [5.74, 6) is 0.593. The Morgan fingerprint density at radius 3 is 2.72 bits per heavy atom. The van der Waals surface area contributed by atoms with Crippen LogP contribution in [0, 0.1) is 0 Å². The van der Waals surface area contributed by atoms with Gasteiger partial charge < -0.3 is 16.0 Å². The Bertz CT molecular complexity index is 729. The Hall–Kier alpha value is -2.56. The smallest absolute Gasteiger partial charge is 0.221 e. The number of aryl methyl sites for hydroxylation is 1. The highest BCUT2D eigenvalue weighted by molar-refractivity contribution is 5.97. The monoisotopic (exact) mass is 239 g/mol. The molecule has 0 saturated carbocycles. The molecule has 0 aliphatic carbocycles. The summed E-state index contributed by atoms with van der Waals surface area (Å²) in [4.78, 5) is 8.01. The lowest BCUT2D eigenvalue weighted by Crippen LogP contribution is -2.01. The highest BCUT2D eigenvalue weighted by Crippen LogP contribution is 2.31. The molecule has 0 atom stereocenters. The number of hydrogen-bond donors (Lipinski definition) is 2.